The summed E-state index contributed by atoms with van der Waals surface area (Å²) in [5.74, 6) is -0.815. The Balaban J connectivity index is 3.39. The fourth-order valence-corrected chi connectivity index (χ4v) is 1.75. The predicted octanol–water partition coefficient (Wildman–Crippen LogP) is 1.08. The molecule has 3 nitrogen and oxygen atoms in total. The molecule has 0 bridgehead atoms. The Bertz CT molecular complexity index is 404. The van der Waals surface area contributed by atoms with E-state index in [1.165, 1.54) is 6.07 Å². The molecule has 66 valence electrons. The van der Waals surface area contributed by atoms with E-state index >= 15 is 0 Å². The third kappa shape index (κ3) is 2.14. The van der Waals surface area contributed by atoms with Crippen LogP contribution in [0.1, 0.15) is 0 Å². The van der Waals surface area contributed by atoms with E-state index in [-0.39, 0.29) is 0 Å². The third-order valence-corrected chi connectivity index (χ3v) is 2.82. The van der Waals surface area contributed by atoms with E-state index in [0.29, 0.717) is 3.57 Å². The topological polar surface area (TPSA) is 60.2 Å². The molecule has 0 saturated heterocycles. The minimum absolute atomic E-state index is 0.470. The van der Waals surface area contributed by atoms with Crippen LogP contribution in [-0.2, 0) is 10.0 Å². The second-order valence-corrected chi connectivity index (χ2v) is 4.90. The first-order valence-electron chi connectivity index (χ1n) is 2.89. The fourth-order valence-electron chi connectivity index (χ4n) is 0.706. The van der Waals surface area contributed by atoms with Crippen molar-refractivity contribution in [3.63, 3.8) is 0 Å². The molecule has 0 fully saturated rings. The summed E-state index contributed by atoms with van der Waals surface area (Å²) in [6, 6.07) is 3.73. The van der Waals surface area contributed by atoms with Gasteiger partial charge in [0.2, 0.25) is 10.0 Å². The normalized spacial score (nSPS) is 11.6. The highest BCUT2D eigenvalue weighted by molar-refractivity contribution is 14.1. The molecule has 0 aliphatic carbocycles. The SMILES string of the molecule is NS(=O)(=O)c1ccc(I)cc1F. The molecule has 0 heterocycles. The summed E-state index contributed by atoms with van der Waals surface area (Å²) >= 11 is 1.87. The summed E-state index contributed by atoms with van der Waals surface area (Å²) in [4.78, 5) is -0.470. The van der Waals surface area contributed by atoms with Crippen molar-refractivity contribution >= 4 is 32.6 Å². The molecule has 0 amide bonds. The summed E-state index contributed by atoms with van der Waals surface area (Å²) in [6.45, 7) is 0. The van der Waals surface area contributed by atoms with Gasteiger partial charge in [0.25, 0.3) is 0 Å². The van der Waals surface area contributed by atoms with Gasteiger partial charge in [-0.2, -0.15) is 0 Å². The van der Waals surface area contributed by atoms with Gasteiger partial charge in [0.1, 0.15) is 10.7 Å². The van der Waals surface area contributed by atoms with Gasteiger partial charge in [0, 0.05) is 3.57 Å². The molecule has 0 saturated carbocycles. The lowest BCUT2D eigenvalue weighted by atomic mass is 10.3. The highest BCUT2D eigenvalue weighted by Crippen LogP contribution is 2.15. The van der Waals surface area contributed by atoms with E-state index in [0.717, 1.165) is 12.1 Å². The molecule has 0 aromatic heterocycles. The molecule has 1 rings (SSSR count). The van der Waals surface area contributed by atoms with Gasteiger partial charge < -0.3 is 0 Å². The zero-order valence-electron chi connectivity index (χ0n) is 5.79. The second-order valence-electron chi connectivity index (χ2n) is 2.12. The average Bonchev–Trinajstić information content (AvgIpc) is 1.83. The van der Waals surface area contributed by atoms with Crippen molar-refractivity contribution in [2.24, 2.45) is 5.14 Å². The van der Waals surface area contributed by atoms with Crippen molar-refractivity contribution in [1.82, 2.24) is 0 Å². The monoisotopic (exact) mass is 301 g/mol. The molecule has 2 N–H and O–H groups in total. The molecule has 1 aromatic carbocycles. The summed E-state index contributed by atoms with van der Waals surface area (Å²) in [7, 11) is -3.93. The van der Waals surface area contributed by atoms with Crippen LogP contribution in [0.5, 0.6) is 0 Å². The molecule has 0 aliphatic heterocycles. The first-order valence-corrected chi connectivity index (χ1v) is 5.51. The van der Waals surface area contributed by atoms with Crippen molar-refractivity contribution < 1.29 is 12.8 Å². The first kappa shape index (κ1) is 9.87. The Morgan fingerprint density at radius 3 is 2.42 bits per heavy atom. The van der Waals surface area contributed by atoms with Crippen LogP contribution < -0.4 is 5.14 Å². The Morgan fingerprint density at radius 1 is 1.42 bits per heavy atom. The van der Waals surface area contributed by atoms with Crippen LogP contribution in [0.4, 0.5) is 4.39 Å². The van der Waals surface area contributed by atoms with Gasteiger partial charge in [-0.1, -0.05) is 0 Å². The predicted molar refractivity (Wildman–Crippen MR) is 50.5 cm³/mol. The van der Waals surface area contributed by atoms with Crippen LogP contribution in [0.3, 0.4) is 0 Å². The Kier molecular flexibility index (Phi) is 2.69. The molecule has 12 heavy (non-hydrogen) atoms. The summed E-state index contributed by atoms with van der Waals surface area (Å²) in [5, 5.41) is 4.74. The standard InChI is InChI=1S/C6H5FINO2S/c7-5-3-4(8)1-2-6(5)12(9,10)11/h1-3H,(H2,9,10,11). The quantitative estimate of drug-likeness (QED) is 0.789. The summed E-state index contributed by atoms with van der Waals surface area (Å²) in [5.41, 5.74) is 0. The number of hydrogen-bond donors (Lipinski definition) is 1. The maximum Gasteiger partial charge on any atom is 0.240 e. The van der Waals surface area contributed by atoms with Crippen LogP contribution in [0.2, 0.25) is 0 Å². The lowest BCUT2D eigenvalue weighted by Crippen LogP contribution is -2.13. The van der Waals surface area contributed by atoms with Gasteiger partial charge in [-0.15, -0.1) is 0 Å². The number of hydrogen-bond acceptors (Lipinski definition) is 2. The van der Waals surface area contributed by atoms with Gasteiger partial charge >= 0.3 is 0 Å². The smallest absolute Gasteiger partial charge is 0.225 e. The van der Waals surface area contributed by atoms with E-state index in [2.05, 4.69) is 0 Å². The molecule has 0 aliphatic rings. The van der Waals surface area contributed by atoms with Gasteiger partial charge in [-0.25, -0.2) is 17.9 Å². The molecule has 0 spiro atoms. The largest absolute Gasteiger partial charge is 0.240 e. The molecule has 6 heteroatoms. The average molecular weight is 301 g/mol. The van der Waals surface area contributed by atoms with Crippen LogP contribution in [0.15, 0.2) is 23.1 Å². The van der Waals surface area contributed by atoms with Crippen LogP contribution in [0, 0.1) is 9.39 Å². The summed E-state index contributed by atoms with van der Waals surface area (Å²) < 4.78 is 34.9. The number of nitrogens with two attached hydrogens (primary N) is 1. The third-order valence-electron chi connectivity index (χ3n) is 1.20. The van der Waals surface area contributed by atoms with Gasteiger partial charge in [0.15, 0.2) is 0 Å². The zero-order chi connectivity index (χ0) is 9.35. The summed E-state index contributed by atoms with van der Waals surface area (Å²) in [6.07, 6.45) is 0. The minimum atomic E-state index is -3.93. The molecular formula is C6H5FINO2S. The first-order chi connectivity index (χ1) is 5.41. The van der Waals surface area contributed by atoms with Crippen molar-refractivity contribution in [2.45, 2.75) is 4.90 Å². The molecule has 0 atom stereocenters. The lowest BCUT2D eigenvalue weighted by molar-refractivity contribution is 0.567. The number of halogens is 2. The molecule has 0 unspecified atom stereocenters. The van der Waals surface area contributed by atoms with Gasteiger partial charge in [-0.05, 0) is 40.8 Å². The van der Waals surface area contributed by atoms with Crippen molar-refractivity contribution in [3.05, 3.63) is 27.6 Å². The van der Waals surface area contributed by atoms with Gasteiger partial charge in [0.05, 0.1) is 0 Å². The van der Waals surface area contributed by atoms with E-state index in [4.69, 9.17) is 5.14 Å². The van der Waals surface area contributed by atoms with Crippen LogP contribution in [-0.4, -0.2) is 8.42 Å². The van der Waals surface area contributed by atoms with E-state index in [1.54, 1.807) is 0 Å². The zero-order valence-corrected chi connectivity index (χ0v) is 8.76. The van der Waals surface area contributed by atoms with Crippen LogP contribution >= 0.6 is 22.6 Å². The van der Waals surface area contributed by atoms with E-state index < -0.39 is 20.7 Å². The fraction of sp³-hybridized carbons (Fsp3) is 0. The van der Waals surface area contributed by atoms with Crippen molar-refractivity contribution in [2.75, 3.05) is 0 Å². The van der Waals surface area contributed by atoms with E-state index in [1.807, 2.05) is 22.6 Å². The minimum Gasteiger partial charge on any atom is -0.225 e. The molecular weight excluding hydrogens is 296 g/mol. The number of primary sulfonamides is 1. The molecule has 1 aromatic rings. The Morgan fingerprint density at radius 2 is 2.00 bits per heavy atom. The number of sulfonamides is 1. The van der Waals surface area contributed by atoms with Crippen molar-refractivity contribution in [3.8, 4) is 0 Å². The lowest BCUT2D eigenvalue weighted by Gasteiger charge is -1.99. The Hall–Kier alpha value is -0.210. The highest BCUT2D eigenvalue weighted by atomic mass is 127. The van der Waals surface area contributed by atoms with Crippen molar-refractivity contribution in [1.29, 1.82) is 0 Å². The maximum absolute atomic E-state index is 12.9. The Labute approximate surface area is 83.0 Å². The highest BCUT2D eigenvalue weighted by Gasteiger charge is 2.13. The second kappa shape index (κ2) is 3.27. The number of rotatable bonds is 1. The maximum atomic E-state index is 12.9. The number of benzene rings is 1. The van der Waals surface area contributed by atoms with E-state index in [9.17, 15) is 12.8 Å². The van der Waals surface area contributed by atoms with Gasteiger partial charge in [-0.3, -0.25) is 0 Å². The van der Waals surface area contributed by atoms with Crippen LogP contribution in [0.25, 0.3) is 0 Å². The molecule has 0 radical (unpaired) electrons.